The van der Waals surface area contributed by atoms with Crippen LogP contribution in [-0.2, 0) is 0 Å². The number of anilines is 1. The van der Waals surface area contributed by atoms with Gasteiger partial charge in [0, 0.05) is 29.7 Å². The highest BCUT2D eigenvalue weighted by molar-refractivity contribution is 7.98. The van der Waals surface area contributed by atoms with Crippen LogP contribution in [0.4, 0.5) is 5.69 Å². The van der Waals surface area contributed by atoms with E-state index in [4.69, 9.17) is 0 Å². The van der Waals surface area contributed by atoms with Crippen LogP contribution in [0, 0.1) is 5.41 Å². The maximum atomic E-state index is 3.70. The van der Waals surface area contributed by atoms with Crippen LogP contribution < -0.4 is 10.2 Å². The molecule has 19 heavy (non-hydrogen) atoms. The fourth-order valence-electron chi connectivity index (χ4n) is 2.53. The van der Waals surface area contributed by atoms with E-state index in [-0.39, 0.29) is 0 Å². The lowest BCUT2D eigenvalue weighted by Crippen LogP contribution is -2.46. The van der Waals surface area contributed by atoms with Gasteiger partial charge in [0.25, 0.3) is 0 Å². The molecule has 2 rings (SSSR count). The second-order valence-corrected chi connectivity index (χ2v) is 7.25. The van der Waals surface area contributed by atoms with E-state index in [1.807, 2.05) is 0 Å². The lowest BCUT2D eigenvalue weighted by molar-refractivity contribution is 0.280. The summed E-state index contributed by atoms with van der Waals surface area (Å²) in [6, 6.07) is 9.53. The number of thioether (sulfide) groups is 1. The van der Waals surface area contributed by atoms with Crippen molar-refractivity contribution in [1.29, 1.82) is 0 Å². The molecule has 106 valence electrons. The monoisotopic (exact) mass is 278 g/mol. The van der Waals surface area contributed by atoms with Gasteiger partial charge in [-0.15, -0.1) is 11.8 Å². The van der Waals surface area contributed by atoms with Gasteiger partial charge in [0.05, 0.1) is 0 Å². The Morgan fingerprint density at radius 3 is 2.47 bits per heavy atom. The van der Waals surface area contributed by atoms with Gasteiger partial charge in [-0.25, -0.2) is 0 Å². The zero-order valence-electron chi connectivity index (χ0n) is 12.6. The van der Waals surface area contributed by atoms with Crippen LogP contribution in [0.15, 0.2) is 29.2 Å². The molecule has 1 aromatic carbocycles. The van der Waals surface area contributed by atoms with Gasteiger partial charge < -0.3 is 10.2 Å². The highest BCUT2D eigenvalue weighted by atomic mass is 32.2. The molecule has 1 unspecified atom stereocenters. The van der Waals surface area contributed by atoms with Crippen LogP contribution >= 0.6 is 11.8 Å². The molecule has 1 N–H and O–H groups in total. The molecule has 1 aliphatic rings. The fourth-order valence-corrected chi connectivity index (χ4v) is 2.94. The summed E-state index contributed by atoms with van der Waals surface area (Å²) in [5, 5.41) is 3.70. The van der Waals surface area contributed by atoms with Crippen LogP contribution in [0.5, 0.6) is 0 Å². The summed E-state index contributed by atoms with van der Waals surface area (Å²) in [7, 11) is 0. The van der Waals surface area contributed by atoms with Crippen molar-refractivity contribution in [3.05, 3.63) is 24.3 Å². The number of nitrogens with one attached hydrogen (secondary N) is 1. The normalized spacial score (nSPS) is 21.3. The number of hydrogen-bond donors (Lipinski definition) is 1. The first kappa shape index (κ1) is 14.7. The molecule has 0 amide bonds. The topological polar surface area (TPSA) is 15.3 Å². The lowest BCUT2D eigenvalue weighted by atomic mass is 9.86. The van der Waals surface area contributed by atoms with Gasteiger partial charge in [0.15, 0.2) is 0 Å². The molecular formula is C16H26N2S. The number of rotatable bonds is 2. The van der Waals surface area contributed by atoms with E-state index in [2.05, 4.69) is 61.5 Å². The van der Waals surface area contributed by atoms with Crippen LogP contribution in [0.3, 0.4) is 0 Å². The number of nitrogens with zero attached hydrogens (tertiary/aromatic N) is 1. The molecular weight excluding hydrogens is 252 g/mol. The van der Waals surface area contributed by atoms with Crippen LogP contribution in [0.25, 0.3) is 0 Å². The average molecular weight is 278 g/mol. The molecule has 0 aromatic heterocycles. The molecule has 1 heterocycles. The minimum atomic E-state index is 0.307. The molecule has 0 aliphatic carbocycles. The summed E-state index contributed by atoms with van der Waals surface area (Å²) in [4.78, 5) is 3.86. The van der Waals surface area contributed by atoms with E-state index in [0.29, 0.717) is 11.5 Å². The predicted molar refractivity (Wildman–Crippen MR) is 86.3 cm³/mol. The Labute approximate surface area is 122 Å². The van der Waals surface area contributed by atoms with Crippen molar-refractivity contribution in [2.24, 2.45) is 5.41 Å². The van der Waals surface area contributed by atoms with Crippen molar-refractivity contribution in [1.82, 2.24) is 5.32 Å². The van der Waals surface area contributed by atoms with E-state index in [9.17, 15) is 0 Å². The molecule has 1 atom stereocenters. The van der Waals surface area contributed by atoms with Gasteiger partial charge in [-0.2, -0.15) is 0 Å². The summed E-state index contributed by atoms with van der Waals surface area (Å²) < 4.78 is 0. The van der Waals surface area contributed by atoms with Gasteiger partial charge in [0.1, 0.15) is 0 Å². The fraction of sp³-hybridized carbons (Fsp3) is 0.625. The zero-order chi connectivity index (χ0) is 13.9. The standard InChI is InChI=1S/C16H26N2S/c1-16(2,3)15-12-18(11-5-10-17-15)13-6-8-14(19-4)9-7-13/h6-9,15,17H,5,10-12H2,1-4H3. The van der Waals surface area contributed by atoms with Gasteiger partial charge in [-0.3, -0.25) is 0 Å². The lowest BCUT2D eigenvalue weighted by Gasteiger charge is -2.34. The smallest absolute Gasteiger partial charge is 0.0367 e. The van der Waals surface area contributed by atoms with Crippen molar-refractivity contribution in [2.75, 3.05) is 30.8 Å². The molecule has 1 aromatic rings. The minimum absolute atomic E-state index is 0.307. The zero-order valence-corrected chi connectivity index (χ0v) is 13.4. The summed E-state index contributed by atoms with van der Waals surface area (Å²) in [6.07, 6.45) is 3.34. The Bertz CT molecular complexity index is 394. The second-order valence-electron chi connectivity index (χ2n) is 6.37. The second kappa shape index (κ2) is 6.19. The first-order chi connectivity index (χ1) is 9.00. The maximum Gasteiger partial charge on any atom is 0.0367 e. The van der Waals surface area contributed by atoms with E-state index in [1.165, 1.54) is 17.0 Å². The van der Waals surface area contributed by atoms with Crippen molar-refractivity contribution >= 4 is 17.4 Å². The quantitative estimate of drug-likeness (QED) is 0.832. The summed E-state index contributed by atoms with van der Waals surface area (Å²) >= 11 is 1.80. The maximum absolute atomic E-state index is 3.70. The Balaban J connectivity index is 2.13. The van der Waals surface area contributed by atoms with E-state index in [0.717, 1.165) is 19.6 Å². The highest BCUT2D eigenvalue weighted by Crippen LogP contribution is 2.26. The van der Waals surface area contributed by atoms with Crippen molar-refractivity contribution in [3.63, 3.8) is 0 Å². The van der Waals surface area contributed by atoms with Gasteiger partial charge in [0.2, 0.25) is 0 Å². The van der Waals surface area contributed by atoms with Gasteiger partial charge in [-0.05, 0) is 48.9 Å². The molecule has 0 bridgehead atoms. The van der Waals surface area contributed by atoms with E-state index < -0.39 is 0 Å². The third kappa shape index (κ3) is 3.90. The molecule has 1 aliphatic heterocycles. The third-order valence-electron chi connectivity index (χ3n) is 3.88. The first-order valence-electron chi connectivity index (χ1n) is 7.13. The molecule has 1 fully saturated rings. The molecule has 0 spiro atoms. The Morgan fingerprint density at radius 1 is 1.21 bits per heavy atom. The Morgan fingerprint density at radius 2 is 1.89 bits per heavy atom. The summed E-state index contributed by atoms with van der Waals surface area (Å²) in [5.74, 6) is 0. The molecule has 0 saturated carbocycles. The summed E-state index contributed by atoms with van der Waals surface area (Å²) in [5.41, 5.74) is 1.66. The molecule has 2 nitrogen and oxygen atoms in total. The first-order valence-corrected chi connectivity index (χ1v) is 8.35. The number of benzene rings is 1. The van der Waals surface area contributed by atoms with E-state index >= 15 is 0 Å². The van der Waals surface area contributed by atoms with Crippen LogP contribution in [-0.4, -0.2) is 31.9 Å². The highest BCUT2D eigenvalue weighted by Gasteiger charge is 2.28. The minimum Gasteiger partial charge on any atom is -0.370 e. The largest absolute Gasteiger partial charge is 0.370 e. The average Bonchev–Trinajstić information content (AvgIpc) is 2.64. The Hall–Kier alpha value is -0.670. The Kier molecular flexibility index (Phi) is 4.80. The van der Waals surface area contributed by atoms with Crippen LogP contribution in [0.1, 0.15) is 27.2 Å². The molecule has 0 radical (unpaired) electrons. The van der Waals surface area contributed by atoms with Crippen LogP contribution in [0.2, 0.25) is 0 Å². The van der Waals surface area contributed by atoms with Crippen molar-refractivity contribution in [2.45, 2.75) is 38.1 Å². The van der Waals surface area contributed by atoms with E-state index in [1.54, 1.807) is 11.8 Å². The molecule has 1 saturated heterocycles. The summed E-state index contributed by atoms with van der Waals surface area (Å²) in [6.45, 7) is 10.3. The number of hydrogen-bond acceptors (Lipinski definition) is 3. The van der Waals surface area contributed by atoms with Crippen molar-refractivity contribution < 1.29 is 0 Å². The molecule has 3 heteroatoms. The van der Waals surface area contributed by atoms with Gasteiger partial charge in [-0.1, -0.05) is 20.8 Å². The predicted octanol–water partition coefficient (Wildman–Crippen LogP) is 3.62. The van der Waals surface area contributed by atoms with Crippen molar-refractivity contribution in [3.8, 4) is 0 Å². The third-order valence-corrected chi connectivity index (χ3v) is 4.63. The van der Waals surface area contributed by atoms with Gasteiger partial charge >= 0.3 is 0 Å². The SMILES string of the molecule is CSc1ccc(N2CCCNC(C(C)(C)C)C2)cc1.